The molecule has 0 amide bonds. The van der Waals surface area contributed by atoms with Crippen LogP contribution in [0, 0.1) is 5.92 Å². The van der Waals surface area contributed by atoms with Gasteiger partial charge >= 0.3 is 0 Å². The summed E-state index contributed by atoms with van der Waals surface area (Å²) in [5.74, 6) is 0.801. The number of hydrogen-bond donors (Lipinski definition) is 2. The molecule has 1 aliphatic carbocycles. The predicted octanol–water partition coefficient (Wildman–Crippen LogP) is 3.51. The topological polar surface area (TPSA) is 77.5 Å². The fourth-order valence-electron chi connectivity index (χ4n) is 4.05. The number of benzene rings is 1. The molecule has 1 aromatic heterocycles. The van der Waals surface area contributed by atoms with Gasteiger partial charge in [0.15, 0.2) is 5.96 Å². The van der Waals surface area contributed by atoms with Gasteiger partial charge in [-0.25, -0.2) is 0 Å². The number of nitrogens with two attached hydrogens (primary N) is 1. The van der Waals surface area contributed by atoms with E-state index in [9.17, 15) is 0 Å². The van der Waals surface area contributed by atoms with Gasteiger partial charge in [0.1, 0.15) is 6.10 Å². The van der Waals surface area contributed by atoms with Gasteiger partial charge in [-0.3, -0.25) is 9.67 Å². The zero-order valence-corrected chi connectivity index (χ0v) is 18.1. The van der Waals surface area contributed by atoms with Gasteiger partial charge in [0, 0.05) is 37.5 Å². The standard InChI is InChI=1S/C20H27N5O.HI/c1-2-25-18(8-10-23-25)19-16(9-11-26-19)13-22-20(21)24-17-7-6-14-4-3-5-15(14)12-17;/h6-8,10,12,16,19H,2-5,9,11,13H2,1H3,(H3,21,22,24);1H/t16-,19+;/m0./s1. The molecule has 146 valence electrons. The van der Waals surface area contributed by atoms with Gasteiger partial charge in [-0.15, -0.1) is 24.0 Å². The Labute approximate surface area is 177 Å². The second kappa shape index (κ2) is 9.05. The lowest BCUT2D eigenvalue weighted by atomic mass is 9.99. The minimum Gasteiger partial charge on any atom is -0.372 e. The molecule has 1 saturated heterocycles. The van der Waals surface area contributed by atoms with Crippen molar-refractivity contribution >= 4 is 35.6 Å². The Morgan fingerprint density at radius 3 is 3.04 bits per heavy atom. The highest BCUT2D eigenvalue weighted by Crippen LogP contribution is 2.34. The van der Waals surface area contributed by atoms with E-state index in [1.54, 1.807) is 0 Å². The molecule has 1 aromatic carbocycles. The molecule has 6 nitrogen and oxygen atoms in total. The lowest BCUT2D eigenvalue weighted by Crippen LogP contribution is -2.24. The molecule has 0 radical (unpaired) electrons. The van der Waals surface area contributed by atoms with E-state index >= 15 is 0 Å². The SMILES string of the molecule is CCn1nccc1[C@@H]1OCC[C@H]1CN=C(N)Nc1ccc2c(c1)CCC2.I. The number of anilines is 1. The molecule has 1 fully saturated rings. The molecule has 2 atom stereocenters. The third kappa shape index (κ3) is 4.45. The molecule has 7 heteroatoms. The van der Waals surface area contributed by atoms with Crippen molar-refractivity contribution in [1.82, 2.24) is 9.78 Å². The molecule has 2 heterocycles. The van der Waals surface area contributed by atoms with Gasteiger partial charge in [0.25, 0.3) is 0 Å². The fraction of sp³-hybridized carbons (Fsp3) is 0.500. The monoisotopic (exact) mass is 481 g/mol. The summed E-state index contributed by atoms with van der Waals surface area (Å²) >= 11 is 0. The summed E-state index contributed by atoms with van der Waals surface area (Å²) in [6, 6.07) is 8.53. The Morgan fingerprint density at radius 2 is 2.19 bits per heavy atom. The molecule has 0 spiro atoms. The van der Waals surface area contributed by atoms with Crippen molar-refractivity contribution < 1.29 is 4.74 Å². The van der Waals surface area contributed by atoms with Crippen LogP contribution in [0.2, 0.25) is 0 Å². The van der Waals surface area contributed by atoms with Crippen molar-refractivity contribution in [3.05, 3.63) is 47.3 Å². The molecule has 2 aliphatic rings. The molecular formula is C20H28IN5O. The van der Waals surface area contributed by atoms with Gasteiger partial charge in [-0.2, -0.15) is 5.10 Å². The first-order valence-electron chi connectivity index (χ1n) is 9.56. The van der Waals surface area contributed by atoms with Gasteiger partial charge in [0.05, 0.1) is 5.69 Å². The normalized spacial score (nSPS) is 21.7. The first-order chi connectivity index (χ1) is 12.7. The lowest BCUT2D eigenvalue weighted by Gasteiger charge is -2.18. The maximum Gasteiger partial charge on any atom is 0.193 e. The average molecular weight is 481 g/mol. The van der Waals surface area contributed by atoms with Gasteiger partial charge < -0.3 is 15.8 Å². The van der Waals surface area contributed by atoms with E-state index in [0.717, 1.165) is 37.4 Å². The molecule has 0 bridgehead atoms. The van der Waals surface area contributed by atoms with Crippen LogP contribution in [0.5, 0.6) is 0 Å². The van der Waals surface area contributed by atoms with Gasteiger partial charge in [-0.05, 0) is 61.9 Å². The number of guanidine groups is 1. The Morgan fingerprint density at radius 1 is 1.33 bits per heavy atom. The highest BCUT2D eigenvalue weighted by atomic mass is 127. The first kappa shape index (κ1) is 20.1. The quantitative estimate of drug-likeness (QED) is 0.389. The fourth-order valence-corrected chi connectivity index (χ4v) is 4.05. The lowest BCUT2D eigenvalue weighted by molar-refractivity contribution is 0.0851. The van der Waals surface area contributed by atoms with Crippen molar-refractivity contribution in [2.24, 2.45) is 16.6 Å². The van der Waals surface area contributed by atoms with E-state index < -0.39 is 0 Å². The molecule has 3 N–H and O–H groups in total. The van der Waals surface area contributed by atoms with Crippen molar-refractivity contribution in [2.45, 2.75) is 45.3 Å². The van der Waals surface area contributed by atoms with E-state index in [-0.39, 0.29) is 30.1 Å². The third-order valence-corrected chi connectivity index (χ3v) is 5.42. The van der Waals surface area contributed by atoms with Crippen molar-refractivity contribution in [3.8, 4) is 0 Å². The minimum absolute atomic E-state index is 0. The Balaban J connectivity index is 0.00000210. The Kier molecular flexibility index (Phi) is 6.75. The number of aromatic nitrogens is 2. The van der Waals surface area contributed by atoms with Crippen LogP contribution in [-0.2, 0) is 24.1 Å². The number of aliphatic imine (C=N–C) groups is 1. The van der Waals surface area contributed by atoms with Crippen LogP contribution in [0.1, 0.15) is 42.7 Å². The van der Waals surface area contributed by atoms with Crippen LogP contribution in [0.25, 0.3) is 0 Å². The maximum absolute atomic E-state index is 6.13. The smallest absolute Gasteiger partial charge is 0.193 e. The number of hydrogen-bond acceptors (Lipinski definition) is 3. The number of rotatable bonds is 5. The zero-order valence-electron chi connectivity index (χ0n) is 15.7. The molecule has 2 aromatic rings. The maximum atomic E-state index is 6.13. The summed E-state index contributed by atoms with van der Waals surface area (Å²) in [7, 11) is 0. The summed E-state index contributed by atoms with van der Waals surface area (Å²) < 4.78 is 7.96. The summed E-state index contributed by atoms with van der Waals surface area (Å²) in [6.07, 6.45) is 6.48. The van der Waals surface area contributed by atoms with Crippen LogP contribution in [0.3, 0.4) is 0 Å². The first-order valence-corrected chi connectivity index (χ1v) is 9.56. The average Bonchev–Trinajstić information content (AvgIpc) is 3.38. The molecule has 4 rings (SSSR count). The predicted molar refractivity (Wildman–Crippen MR) is 119 cm³/mol. The molecule has 0 unspecified atom stereocenters. The number of nitrogens with one attached hydrogen (secondary N) is 1. The number of nitrogens with zero attached hydrogens (tertiary/aromatic N) is 3. The largest absolute Gasteiger partial charge is 0.372 e. The second-order valence-electron chi connectivity index (χ2n) is 7.10. The van der Waals surface area contributed by atoms with Crippen LogP contribution < -0.4 is 11.1 Å². The van der Waals surface area contributed by atoms with Crippen LogP contribution >= 0.6 is 24.0 Å². The molecule has 0 saturated carbocycles. The van der Waals surface area contributed by atoms with E-state index in [1.165, 1.54) is 24.0 Å². The Hall–Kier alpha value is -1.61. The summed E-state index contributed by atoms with van der Waals surface area (Å²) in [5.41, 5.74) is 11.2. The van der Waals surface area contributed by atoms with Crippen molar-refractivity contribution in [3.63, 3.8) is 0 Å². The van der Waals surface area contributed by atoms with Crippen LogP contribution in [-0.4, -0.2) is 28.9 Å². The van der Waals surface area contributed by atoms with Crippen molar-refractivity contribution in [1.29, 1.82) is 0 Å². The highest BCUT2D eigenvalue weighted by molar-refractivity contribution is 14.0. The molecular weight excluding hydrogens is 453 g/mol. The van der Waals surface area contributed by atoms with Crippen LogP contribution in [0.15, 0.2) is 35.5 Å². The van der Waals surface area contributed by atoms with E-state index in [2.05, 4.69) is 40.5 Å². The summed E-state index contributed by atoms with van der Waals surface area (Å²) in [6.45, 7) is 4.36. The summed E-state index contributed by atoms with van der Waals surface area (Å²) in [4.78, 5) is 4.58. The third-order valence-electron chi connectivity index (χ3n) is 5.42. The number of fused-ring (bicyclic) bond motifs is 1. The number of aryl methyl sites for hydroxylation is 3. The number of ether oxygens (including phenoxy) is 1. The van der Waals surface area contributed by atoms with E-state index in [0.29, 0.717) is 18.4 Å². The summed E-state index contributed by atoms with van der Waals surface area (Å²) in [5, 5.41) is 7.59. The van der Waals surface area contributed by atoms with Gasteiger partial charge in [0.2, 0.25) is 0 Å². The molecule has 1 aliphatic heterocycles. The minimum atomic E-state index is 0. The number of halogens is 1. The van der Waals surface area contributed by atoms with Crippen LogP contribution in [0.4, 0.5) is 5.69 Å². The second-order valence-corrected chi connectivity index (χ2v) is 7.10. The van der Waals surface area contributed by atoms with E-state index in [4.69, 9.17) is 10.5 Å². The molecule has 27 heavy (non-hydrogen) atoms. The highest BCUT2D eigenvalue weighted by Gasteiger charge is 2.31. The van der Waals surface area contributed by atoms with E-state index in [1.807, 2.05) is 16.9 Å². The van der Waals surface area contributed by atoms with Crippen molar-refractivity contribution in [2.75, 3.05) is 18.5 Å². The zero-order chi connectivity index (χ0) is 17.9. The Bertz CT molecular complexity index is 803. The van der Waals surface area contributed by atoms with Gasteiger partial charge in [-0.1, -0.05) is 6.07 Å².